The van der Waals surface area contributed by atoms with Gasteiger partial charge in [0.1, 0.15) is 6.10 Å². The molecular formula is C32H50O4. The number of carboxylic acids is 1. The van der Waals surface area contributed by atoms with Gasteiger partial charge in [0.2, 0.25) is 0 Å². The predicted octanol–water partition coefficient (Wildman–Crippen LogP) is 7.95. The fourth-order valence-corrected chi connectivity index (χ4v) is 10.4. The molecule has 36 heavy (non-hydrogen) atoms. The maximum Gasteiger partial charge on any atom is 0.306 e. The molecule has 0 aliphatic heterocycles. The maximum absolute atomic E-state index is 12.2. The Bertz CT molecular complexity index is 921. The monoisotopic (exact) mass is 498 g/mol. The van der Waals surface area contributed by atoms with Crippen LogP contribution < -0.4 is 0 Å². The first-order valence-electron chi connectivity index (χ1n) is 15.0. The molecule has 0 aromatic heterocycles. The number of fused-ring (bicyclic) bond motifs is 6. The van der Waals surface area contributed by atoms with E-state index in [-0.39, 0.29) is 30.3 Å². The molecule has 4 saturated carbocycles. The highest BCUT2D eigenvalue weighted by molar-refractivity contribution is 5.76. The minimum atomic E-state index is -0.940. The van der Waals surface area contributed by atoms with E-state index in [4.69, 9.17) is 9.84 Å². The highest BCUT2D eigenvalue weighted by Gasteiger charge is 2.76. The van der Waals surface area contributed by atoms with Gasteiger partial charge in [0.05, 0.1) is 12.8 Å². The van der Waals surface area contributed by atoms with Gasteiger partial charge in [-0.05, 0) is 103 Å². The van der Waals surface area contributed by atoms with Crippen molar-refractivity contribution in [3.63, 3.8) is 0 Å². The molecule has 5 rings (SSSR count). The van der Waals surface area contributed by atoms with Crippen LogP contribution >= 0.6 is 0 Å². The number of hydrogen-bond donors (Lipinski definition) is 1. The molecule has 5 aliphatic rings. The molecule has 5 aliphatic carbocycles. The fourth-order valence-electron chi connectivity index (χ4n) is 10.4. The van der Waals surface area contributed by atoms with Crippen molar-refractivity contribution in [3.8, 4) is 0 Å². The molecule has 4 nitrogen and oxygen atoms in total. The van der Waals surface area contributed by atoms with Crippen molar-refractivity contribution >= 4 is 11.9 Å². The van der Waals surface area contributed by atoms with Gasteiger partial charge in [0, 0.05) is 6.42 Å². The lowest BCUT2D eigenvalue weighted by molar-refractivity contribution is -0.154. The molecule has 0 bridgehead atoms. The van der Waals surface area contributed by atoms with E-state index in [2.05, 4.69) is 40.7 Å². The summed E-state index contributed by atoms with van der Waals surface area (Å²) in [4.78, 5) is 23.0. The average molecular weight is 499 g/mol. The summed E-state index contributed by atoms with van der Waals surface area (Å²) in [6.45, 7) is 12.6. The third-order valence-electron chi connectivity index (χ3n) is 12.5. The molecule has 0 amide bonds. The van der Waals surface area contributed by atoms with Crippen molar-refractivity contribution in [2.75, 3.05) is 0 Å². The highest BCUT2D eigenvalue weighted by atomic mass is 16.5. The van der Waals surface area contributed by atoms with Crippen LogP contribution in [0.25, 0.3) is 0 Å². The first-order valence-corrected chi connectivity index (χ1v) is 15.0. The number of allylic oxidation sites excluding steroid dienone is 1. The number of carbonyl (C=O) groups is 2. The molecule has 0 radical (unpaired) electrons. The summed E-state index contributed by atoms with van der Waals surface area (Å²) in [5, 5.41) is 8.86. The van der Waals surface area contributed by atoms with Gasteiger partial charge in [0.25, 0.3) is 0 Å². The normalized spacial score (nSPS) is 45.0. The lowest BCUT2D eigenvalue weighted by Gasteiger charge is -2.58. The Labute approximate surface area is 219 Å². The lowest BCUT2D eigenvalue weighted by Crippen LogP contribution is -2.51. The summed E-state index contributed by atoms with van der Waals surface area (Å²) in [6, 6.07) is 0. The molecular weight excluding hydrogens is 448 g/mol. The molecule has 202 valence electrons. The van der Waals surface area contributed by atoms with Crippen LogP contribution in [0.5, 0.6) is 0 Å². The molecule has 8 atom stereocenters. The summed E-state index contributed by atoms with van der Waals surface area (Å²) in [5.41, 5.74) is 3.44. The summed E-state index contributed by atoms with van der Waals surface area (Å²) in [5.74, 6) is 1.96. The second-order valence-corrected chi connectivity index (χ2v) is 14.6. The number of ether oxygens (including phenoxy) is 1. The van der Waals surface area contributed by atoms with Gasteiger partial charge in [-0.2, -0.15) is 0 Å². The van der Waals surface area contributed by atoms with Gasteiger partial charge in [-0.15, -0.1) is 0 Å². The van der Waals surface area contributed by atoms with Crippen molar-refractivity contribution in [2.45, 2.75) is 131 Å². The standard InChI is InChI=1S/C32H50O4/c1-21(2)7-6-15-29(3)20-32(29)18-14-26-24-9-8-22-19-23(36-28(35)11-10-27(33)34)12-16-30(22,4)25(24)13-17-31(26,32)5/h8,21,23-26H,6-7,9-20H2,1-5H3,(H,33,34)/t23-,24+,25?,26-,29-,30-,31-,32-/m0/s1. The number of esters is 1. The number of hydrogen-bond acceptors (Lipinski definition) is 3. The number of rotatable bonds is 8. The molecule has 0 aromatic rings. The minimum absolute atomic E-state index is 0.0226. The van der Waals surface area contributed by atoms with Crippen molar-refractivity contribution in [3.05, 3.63) is 11.6 Å². The Morgan fingerprint density at radius 1 is 1.06 bits per heavy atom. The van der Waals surface area contributed by atoms with Gasteiger partial charge < -0.3 is 9.84 Å². The van der Waals surface area contributed by atoms with E-state index in [1.807, 2.05) is 0 Å². The first kappa shape index (κ1) is 26.3. The van der Waals surface area contributed by atoms with Crippen molar-refractivity contribution < 1.29 is 19.4 Å². The van der Waals surface area contributed by atoms with Crippen LogP contribution in [0, 0.1) is 45.3 Å². The van der Waals surface area contributed by atoms with E-state index in [1.165, 1.54) is 63.4 Å². The van der Waals surface area contributed by atoms with Crippen LogP contribution in [0.2, 0.25) is 0 Å². The molecule has 0 heterocycles. The zero-order valence-electron chi connectivity index (χ0n) is 23.5. The topological polar surface area (TPSA) is 63.6 Å². The number of carbonyl (C=O) groups excluding carboxylic acids is 1. The van der Waals surface area contributed by atoms with Crippen LogP contribution in [0.1, 0.15) is 125 Å². The summed E-state index contributed by atoms with van der Waals surface area (Å²) in [7, 11) is 0. The molecule has 1 unspecified atom stereocenters. The van der Waals surface area contributed by atoms with Crippen molar-refractivity contribution in [2.24, 2.45) is 45.3 Å². The van der Waals surface area contributed by atoms with Gasteiger partial charge in [-0.3, -0.25) is 9.59 Å². The average Bonchev–Trinajstić information content (AvgIpc) is 3.30. The Morgan fingerprint density at radius 2 is 1.81 bits per heavy atom. The van der Waals surface area contributed by atoms with E-state index >= 15 is 0 Å². The molecule has 4 heteroatoms. The van der Waals surface area contributed by atoms with Crippen LogP contribution in [0.3, 0.4) is 0 Å². The minimum Gasteiger partial charge on any atom is -0.481 e. The zero-order valence-corrected chi connectivity index (χ0v) is 23.5. The van der Waals surface area contributed by atoms with E-state index in [9.17, 15) is 9.59 Å². The molecule has 0 saturated heterocycles. The Balaban J connectivity index is 1.26. The van der Waals surface area contributed by atoms with Gasteiger partial charge in [0.15, 0.2) is 0 Å². The summed E-state index contributed by atoms with van der Waals surface area (Å²) >= 11 is 0. The molecule has 4 fully saturated rings. The van der Waals surface area contributed by atoms with Crippen LogP contribution in [-0.4, -0.2) is 23.1 Å². The van der Waals surface area contributed by atoms with Gasteiger partial charge >= 0.3 is 11.9 Å². The predicted molar refractivity (Wildman–Crippen MR) is 142 cm³/mol. The Hall–Kier alpha value is -1.32. The van der Waals surface area contributed by atoms with Crippen LogP contribution in [0.4, 0.5) is 0 Å². The van der Waals surface area contributed by atoms with Crippen molar-refractivity contribution in [1.29, 1.82) is 0 Å². The largest absolute Gasteiger partial charge is 0.481 e. The van der Waals surface area contributed by atoms with E-state index < -0.39 is 5.97 Å². The van der Waals surface area contributed by atoms with Crippen LogP contribution in [0.15, 0.2) is 11.6 Å². The highest BCUT2D eigenvalue weighted by Crippen LogP contribution is 2.84. The van der Waals surface area contributed by atoms with E-state index in [1.54, 1.807) is 0 Å². The quantitative estimate of drug-likeness (QED) is 0.272. The molecule has 0 aromatic carbocycles. The second-order valence-electron chi connectivity index (χ2n) is 14.6. The maximum atomic E-state index is 12.2. The van der Waals surface area contributed by atoms with E-state index in [0.29, 0.717) is 16.2 Å². The summed E-state index contributed by atoms with van der Waals surface area (Å²) < 4.78 is 5.72. The SMILES string of the molecule is CC(C)CCC[C@@]1(C)C[C@@]12CC[C@H]1[C@@H]3CC=C4C[C@@H](OC(=O)CCC(=O)O)CC[C@]4(C)C3CC[C@@]12C. The second kappa shape index (κ2) is 9.16. The summed E-state index contributed by atoms with van der Waals surface area (Å²) in [6.07, 6.45) is 17.7. The Kier molecular flexibility index (Phi) is 6.69. The van der Waals surface area contributed by atoms with Crippen LogP contribution in [-0.2, 0) is 14.3 Å². The van der Waals surface area contributed by atoms with Gasteiger partial charge in [-0.1, -0.05) is 59.1 Å². The van der Waals surface area contributed by atoms with Crippen molar-refractivity contribution in [1.82, 2.24) is 0 Å². The number of carboxylic acid groups (broad SMARTS) is 1. The third kappa shape index (κ3) is 4.08. The van der Waals surface area contributed by atoms with E-state index in [0.717, 1.165) is 42.9 Å². The van der Waals surface area contributed by atoms with Gasteiger partial charge in [-0.25, -0.2) is 0 Å². The smallest absolute Gasteiger partial charge is 0.306 e. The number of aliphatic carboxylic acids is 1. The lowest BCUT2D eigenvalue weighted by atomic mass is 9.46. The molecule has 1 spiro atoms. The fraction of sp³-hybridized carbons (Fsp3) is 0.875. The third-order valence-corrected chi connectivity index (χ3v) is 12.5. The Morgan fingerprint density at radius 3 is 2.53 bits per heavy atom. The first-order chi connectivity index (χ1) is 16.9. The molecule has 1 N–H and O–H groups in total. The zero-order chi connectivity index (χ0) is 25.9.